The Labute approximate surface area is 229 Å². The molecule has 1 amide bonds. The number of nitrogens with one attached hydrogen (secondary N) is 1. The van der Waals surface area contributed by atoms with Gasteiger partial charge < -0.3 is 24.6 Å². The van der Waals surface area contributed by atoms with Crippen LogP contribution in [0.15, 0.2) is 24.5 Å². The van der Waals surface area contributed by atoms with Gasteiger partial charge in [-0.1, -0.05) is 11.6 Å². The summed E-state index contributed by atoms with van der Waals surface area (Å²) < 4.78 is 41.6. The van der Waals surface area contributed by atoms with E-state index in [0.717, 1.165) is 12.8 Å². The highest BCUT2D eigenvalue weighted by Gasteiger charge is 2.47. The fourth-order valence-electron chi connectivity index (χ4n) is 5.08. The van der Waals surface area contributed by atoms with Gasteiger partial charge in [-0.25, -0.2) is 28.5 Å². The maximum absolute atomic E-state index is 15.2. The van der Waals surface area contributed by atoms with E-state index in [1.807, 2.05) is 25.7 Å². The average Bonchev–Trinajstić information content (AvgIpc) is 3.48. The monoisotopic (exact) mass is 558 g/mol. The lowest BCUT2D eigenvalue weighted by molar-refractivity contribution is 0.0214. The molecule has 6 rings (SSSR count). The molecule has 0 spiro atoms. The first-order valence-corrected chi connectivity index (χ1v) is 13.4. The number of pyridine rings is 1. The second kappa shape index (κ2) is 9.62. The molecule has 2 bridgehead atoms. The van der Waals surface area contributed by atoms with Crippen LogP contribution in [0.25, 0.3) is 11.0 Å². The number of nitrogens with zero attached hydrogens (tertiary/aromatic N) is 5. The SMILES string of the molecule is CC(C)(C)OC(=O)N1C[C@@H]2C[C@H]1CN2c1nc2c(Nc3ccc(OCC4CC4)c(Cl)c3F)ncnc2cc1F. The zero-order valence-electron chi connectivity index (χ0n) is 21.9. The van der Waals surface area contributed by atoms with E-state index in [0.29, 0.717) is 32.0 Å². The number of amides is 1. The molecule has 2 atom stereocenters. The summed E-state index contributed by atoms with van der Waals surface area (Å²) >= 11 is 6.24. The predicted octanol–water partition coefficient (Wildman–Crippen LogP) is 5.69. The summed E-state index contributed by atoms with van der Waals surface area (Å²) in [5, 5.41) is 2.81. The molecular formula is C27H29ClF2N6O3. The number of fused-ring (bicyclic) bond motifs is 3. The third-order valence-corrected chi connectivity index (χ3v) is 7.51. The largest absolute Gasteiger partial charge is 0.492 e. The Balaban J connectivity index is 1.24. The van der Waals surface area contributed by atoms with Crippen molar-refractivity contribution < 1.29 is 23.0 Å². The lowest BCUT2D eigenvalue weighted by atomic mass is 10.2. The van der Waals surface area contributed by atoms with Crippen molar-refractivity contribution in [2.45, 2.75) is 57.7 Å². The van der Waals surface area contributed by atoms with Crippen LogP contribution in [0.5, 0.6) is 5.75 Å². The van der Waals surface area contributed by atoms with Crippen LogP contribution < -0.4 is 15.0 Å². The van der Waals surface area contributed by atoms with Crippen molar-refractivity contribution in [3.63, 3.8) is 0 Å². The van der Waals surface area contributed by atoms with Crippen molar-refractivity contribution in [3.05, 3.63) is 41.2 Å². The van der Waals surface area contributed by atoms with Gasteiger partial charge >= 0.3 is 6.09 Å². The fraction of sp³-hybridized carbons (Fsp3) is 0.481. The molecule has 1 saturated carbocycles. The minimum absolute atomic E-state index is 0.0830. The van der Waals surface area contributed by atoms with Crippen LogP contribution in [0.2, 0.25) is 5.02 Å². The van der Waals surface area contributed by atoms with E-state index in [2.05, 4.69) is 20.3 Å². The number of halogens is 3. The van der Waals surface area contributed by atoms with E-state index in [-0.39, 0.29) is 57.3 Å². The highest BCUT2D eigenvalue weighted by molar-refractivity contribution is 6.32. The number of likely N-dealkylation sites (tertiary alicyclic amines) is 1. The zero-order valence-corrected chi connectivity index (χ0v) is 22.6. The van der Waals surface area contributed by atoms with E-state index in [9.17, 15) is 4.79 Å². The first kappa shape index (κ1) is 25.8. The Kier molecular flexibility index (Phi) is 6.36. The van der Waals surface area contributed by atoms with Gasteiger partial charge in [0.15, 0.2) is 23.3 Å². The van der Waals surface area contributed by atoms with Crippen LogP contribution >= 0.6 is 11.6 Å². The minimum atomic E-state index is -0.682. The molecule has 2 saturated heterocycles. The van der Waals surface area contributed by atoms with Crippen molar-refractivity contribution in [1.82, 2.24) is 19.9 Å². The zero-order chi connectivity index (χ0) is 27.5. The Hall–Kier alpha value is -3.47. The van der Waals surface area contributed by atoms with Gasteiger partial charge in [0.2, 0.25) is 0 Å². The van der Waals surface area contributed by atoms with Crippen LogP contribution in [0, 0.1) is 17.6 Å². The highest BCUT2D eigenvalue weighted by Crippen LogP contribution is 2.39. The summed E-state index contributed by atoms with van der Waals surface area (Å²) in [5.74, 6) is -0.0815. The lowest BCUT2D eigenvalue weighted by Crippen LogP contribution is -2.50. The quantitative estimate of drug-likeness (QED) is 0.413. The third-order valence-electron chi connectivity index (χ3n) is 7.16. The number of ether oxygens (including phenoxy) is 2. The smallest absolute Gasteiger partial charge is 0.410 e. The molecule has 206 valence electrons. The van der Waals surface area contributed by atoms with Gasteiger partial charge in [-0.3, -0.25) is 0 Å². The molecule has 12 heteroatoms. The van der Waals surface area contributed by atoms with E-state index in [1.54, 1.807) is 11.0 Å². The Morgan fingerprint density at radius 1 is 1.18 bits per heavy atom. The lowest BCUT2D eigenvalue weighted by Gasteiger charge is -2.35. The average molecular weight is 559 g/mol. The molecule has 0 unspecified atom stereocenters. The van der Waals surface area contributed by atoms with Crippen LogP contribution in [0.3, 0.4) is 0 Å². The Bertz CT molecular complexity index is 1450. The number of anilines is 3. The summed E-state index contributed by atoms with van der Waals surface area (Å²) in [6, 6.07) is 4.20. The molecule has 9 nitrogen and oxygen atoms in total. The molecule has 4 heterocycles. The topological polar surface area (TPSA) is 92.7 Å². The molecule has 39 heavy (non-hydrogen) atoms. The summed E-state index contributed by atoms with van der Waals surface area (Å²) in [6.45, 7) is 6.81. The van der Waals surface area contributed by atoms with Gasteiger partial charge in [-0.05, 0) is 58.1 Å². The molecule has 0 radical (unpaired) electrons. The summed E-state index contributed by atoms with van der Waals surface area (Å²) in [7, 11) is 0. The highest BCUT2D eigenvalue weighted by atomic mass is 35.5. The summed E-state index contributed by atoms with van der Waals surface area (Å²) in [4.78, 5) is 29.1. The first-order valence-electron chi connectivity index (χ1n) is 13.0. The number of hydrogen-bond donors (Lipinski definition) is 1. The van der Waals surface area contributed by atoms with Gasteiger partial charge in [0, 0.05) is 19.2 Å². The van der Waals surface area contributed by atoms with Gasteiger partial charge in [0.1, 0.15) is 28.2 Å². The second-order valence-corrected chi connectivity index (χ2v) is 11.7. The predicted molar refractivity (Wildman–Crippen MR) is 143 cm³/mol. The fourth-order valence-corrected chi connectivity index (χ4v) is 5.29. The van der Waals surface area contributed by atoms with Crippen molar-refractivity contribution in [1.29, 1.82) is 0 Å². The van der Waals surface area contributed by atoms with Crippen LogP contribution in [-0.4, -0.2) is 63.3 Å². The summed E-state index contributed by atoms with van der Waals surface area (Å²) in [5.41, 5.74) is 0.0381. The first-order chi connectivity index (χ1) is 18.6. The van der Waals surface area contributed by atoms with E-state index in [1.165, 1.54) is 18.5 Å². The van der Waals surface area contributed by atoms with Crippen LogP contribution in [-0.2, 0) is 4.74 Å². The molecule has 1 aliphatic carbocycles. The number of hydrogen-bond acceptors (Lipinski definition) is 8. The van der Waals surface area contributed by atoms with Crippen LogP contribution in [0.1, 0.15) is 40.0 Å². The Morgan fingerprint density at radius 3 is 2.67 bits per heavy atom. The number of carbonyl (C=O) groups excluding carboxylic acids is 1. The van der Waals surface area contributed by atoms with E-state index >= 15 is 8.78 Å². The number of rotatable bonds is 6. The summed E-state index contributed by atoms with van der Waals surface area (Å²) in [6.07, 6.45) is 3.79. The normalized spacial score (nSPS) is 20.6. The number of aromatic nitrogens is 3. The number of piperazine rings is 1. The molecule has 3 aromatic rings. The Morgan fingerprint density at radius 2 is 1.97 bits per heavy atom. The molecule has 2 aromatic heterocycles. The van der Waals surface area contributed by atoms with Crippen molar-refractivity contribution in [2.75, 3.05) is 29.9 Å². The maximum atomic E-state index is 15.2. The molecular weight excluding hydrogens is 530 g/mol. The third kappa shape index (κ3) is 5.11. The van der Waals surface area contributed by atoms with Gasteiger partial charge in [0.05, 0.1) is 29.9 Å². The molecule has 1 N–H and O–H groups in total. The van der Waals surface area contributed by atoms with E-state index < -0.39 is 17.2 Å². The van der Waals surface area contributed by atoms with Crippen molar-refractivity contribution in [2.24, 2.45) is 5.92 Å². The number of benzene rings is 1. The molecule has 3 aliphatic rings. The van der Waals surface area contributed by atoms with Crippen molar-refractivity contribution >= 4 is 46.1 Å². The second-order valence-electron chi connectivity index (χ2n) is 11.3. The van der Waals surface area contributed by atoms with Gasteiger partial charge in [0.25, 0.3) is 0 Å². The number of carbonyl (C=O) groups is 1. The molecule has 2 aliphatic heterocycles. The van der Waals surface area contributed by atoms with Crippen LogP contribution in [0.4, 0.5) is 30.9 Å². The van der Waals surface area contributed by atoms with E-state index in [4.69, 9.17) is 21.1 Å². The minimum Gasteiger partial charge on any atom is -0.492 e. The van der Waals surface area contributed by atoms with Crippen molar-refractivity contribution in [3.8, 4) is 5.75 Å². The van der Waals surface area contributed by atoms with Gasteiger partial charge in [-0.15, -0.1) is 0 Å². The maximum Gasteiger partial charge on any atom is 0.410 e. The standard InChI is InChI=1S/C27H29ClF2N6O3/c1-27(2,3)39-26(37)36-11-15-8-16(36)10-35(15)25-17(29)9-19-23(34-25)24(32-13-31-19)33-18-6-7-20(21(28)22(18)30)38-12-14-4-5-14/h6-7,9,13-16H,4-5,8,10-12H2,1-3H3,(H,31,32,33)/t15-,16-/m0/s1. The molecule has 1 aromatic carbocycles. The van der Waals surface area contributed by atoms with Gasteiger partial charge in [-0.2, -0.15) is 0 Å². The molecule has 3 fully saturated rings.